The molecule has 0 atom stereocenters. The summed E-state index contributed by atoms with van der Waals surface area (Å²) in [6.07, 6.45) is 6.85. The van der Waals surface area contributed by atoms with E-state index in [-0.39, 0.29) is 51.4 Å². The molecule has 0 aliphatic carbocycles. The molecule has 0 bridgehead atoms. The maximum Gasteiger partial charge on any atom is 1.00 e. The van der Waals surface area contributed by atoms with Crippen LogP contribution in [-0.4, -0.2) is 0 Å². The molecule has 0 aliphatic heterocycles. The predicted octanol–water partition coefficient (Wildman–Crippen LogP) is 0.196. The minimum Gasteiger partial charge on any atom is -0.518 e. The van der Waals surface area contributed by atoms with Gasteiger partial charge in [-0.25, -0.2) is 0 Å². The Morgan fingerprint density at radius 3 is 1.80 bits per heavy atom. The van der Waals surface area contributed by atoms with Gasteiger partial charge < -0.3 is 6.58 Å². The van der Waals surface area contributed by atoms with E-state index in [9.17, 15) is 0 Å². The topological polar surface area (TPSA) is 0 Å². The Labute approximate surface area is 108 Å². The van der Waals surface area contributed by atoms with Crippen molar-refractivity contribution in [1.82, 2.24) is 0 Å². The number of allylic oxidation sites excluding steroid dienone is 1. The molecule has 0 saturated carbocycles. The van der Waals surface area contributed by atoms with Gasteiger partial charge in [0, 0.05) is 0 Å². The van der Waals surface area contributed by atoms with Crippen molar-refractivity contribution < 1.29 is 51.4 Å². The Kier molecular flexibility index (Phi) is 14.5. The van der Waals surface area contributed by atoms with Crippen LogP contribution in [0.3, 0.4) is 0 Å². The average Bonchev–Trinajstić information content (AvgIpc) is 1.88. The first-order chi connectivity index (χ1) is 4.35. The molecule has 0 rings (SSSR count). The largest absolute Gasteiger partial charge is 1.00 e. The van der Waals surface area contributed by atoms with Crippen molar-refractivity contribution in [2.75, 3.05) is 0 Å². The molecule has 0 aromatic heterocycles. The summed E-state index contributed by atoms with van der Waals surface area (Å²) in [5.41, 5.74) is 0. The van der Waals surface area contributed by atoms with Gasteiger partial charge in [-0.3, -0.25) is 6.08 Å². The summed E-state index contributed by atoms with van der Waals surface area (Å²) in [7, 11) is 0. The monoisotopic (exact) mass is 164 g/mol. The molecule has 0 saturated heterocycles. The normalized spacial score (nSPS) is 9.10. The molecular weight excluding hydrogens is 147 g/mol. The minimum absolute atomic E-state index is 0. The van der Waals surface area contributed by atoms with Crippen LogP contribution in [0.4, 0.5) is 0 Å². The van der Waals surface area contributed by atoms with E-state index in [0.717, 1.165) is 0 Å². The van der Waals surface area contributed by atoms with E-state index in [1.54, 1.807) is 0 Å². The summed E-state index contributed by atoms with van der Waals surface area (Å²) in [6, 6.07) is 0. The second kappa shape index (κ2) is 10.4. The molecule has 1 heteroatoms. The second-order valence-corrected chi connectivity index (χ2v) is 2.53. The molecule has 0 aromatic carbocycles. The Morgan fingerprint density at radius 2 is 1.60 bits per heavy atom. The molecule has 0 amide bonds. The van der Waals surface area contributed by atoms with Gasteiger partial charge in [-0.15, -0.1) is 0 Å². The third-order valence-corrected chi connectivity index (χ3v) is 1.59. The SMILES string of the molecule is [CH-]=CC(CCC)CCC.[K+]. The zero-order valence-corrected chi connectivity index (χ0v) is 10.7. The van der Waals surface area contributed by atoms with Crippen LogP contribution >= 0.6 is 0 Å². The van der Waals surface area contributed by atoms with Crippen molar-refractivity contribution >= 4 is 0 Å². The van der Waals surface area contributed by atoms with Crippen molar-refractivity contribution in [3.05, 3.63) is 12.7 Å². The molecule has 10 heavy (non-hydrogen) atoms. The predicted molar refractivity (Wildman–Crippen MR) is 42.2 cm³/mol. The van der Waals surface area contributed by atoms with Crippen LogP contribution in [-0.2, 0) is 0 Å². The summed E-state index contributed by atoms with van der Waals surface area (Å²) in [4.78, 5) is 0. The molecule has 0 spiro atoms. The van der Waals surface area contributed by atoms with Gasteiger partial charge in [-0.2, -0.15) is 0 Å². The van der Waals surface area contributed by atoms with Gasteiger partial charge in [-0.05, 0) is 12.8 Å². The van der Waals surface area contributed by atoms with Gasteiger partial charge >= 0.3 is 51.4 Å². The first kappa shape index (κ1) is 13.9. The zero-order valence-electron chi connectivity index (χ0n) is 7.56. The summed E-state index contributed by atoms with van der Waals surface area (Å²) in [6.45, 7) is 9.82. The molecule has 0 fully saturated rings. The van der Waals surface area contributed by atoms with Crippen LogP contribution < -0.4 is 51.4 Å². The first-order valence-corrected chi connectivity index (χ1v) is 3.90. The molecule has 0 aliphatic rings. The summed E-state index contributed by atoms with van der Waals surface area (Å²) >= 11 is 0. The van der Waals surface area contributed by atoms with Crippen molar-refractivity contribution in [3.8, 4) is 0 Å². The summed E-state index contributed by atoms with van der Waals surface area (Å²) in [5.74, 6) is 0.667. The van der Waals surface area contributed by atoms with E-state index in [0.29, 0.717) is 5.92 Å². The molecule has 0 nitrogen and oxygen atoms in total. The molecule has 0 aromatic rings. The van der Waals surface area contributed by atoms with Gasteiger partial charge in [0.15, 0.2) is 0 Å². The van der Waals surface area contributed by atoms with Crippen LogP contribution in [0.1, 0.15) is 39.5 Å². The van der Waals surface area contributed by atoms with Crippen LogP contribution in [0.25, 0.3) is 0 Å². The van der Waals surface area contributed by atoms with Crippen molar-refractivity contribution in [2.24, 2.45) is 5.92 Å². The van der Waals surface area contributed by atoms with Gasteiger partial charge in [0.25, 0.3) is 0 Å². The molecule has 0 radical (unpaired) electrons. The third kappa shape index (κ3) is 7.48. The quantitative estimate of drug-likeness (QED) is 0.402. The fourth-order valence-corrected chi connectivity index (χ4v) is 1.08. The van der Waals surface area contributed by atoms with Crippen molar-refractivity contribution in [1.29, 1.82) is 0 Å². The van der Waals surface area contributed by atoms with E-state index in [1.165, 1.54) is 25.7 Å². The number of hydrogen-bond acceptors (Lipinski definition) is 0. The fourth-order valence-electron chi connectivity index (χ4n) is 1.08. The second-order valence-electron chi connectivity index (χ2n) is 2.53. The van der Waals surface area contributed by atoms with Crippen molar-refractivity contribution in [3.63, 3.8) is 0 Å². The Morgan fingerprint density at radius 1 is 1.20 bits per heavy atom. The van der Waals surface area contributed by atoms with Crippen molar-refractivity contribution in [2.45, 2.75) is 39.5 Å². The maximum absolute atomic E-state index is 5.42. The smallest absolute Gasteiger partial charge is 0.518 e. The fraction of sp³-hybridized carbons (Fsp3) is 0.778. The van der Waals surface area contributed by atoms with Crippen LogP contribution in [0.5, 0.6) is 0 Å². The molecule has 54 valence electrons. The molecule has 0 unspecified atom stereocenters. The first-order valence-electron chi connectivity index (χ1n) is 3.90. The third-order valence-electron chi connectivity index (χ3n) is 1.59. The van der Waals surface area contributed by atoms with E-state index < -0.39 is 0 Å². The van der Waals surface area contributed by atoms with E-state index in [4.69, 9.17) is 6.58 Å². The van der Waals surface area contributed by atoms with Gasteiger partial charge in [-0.1, -0.05) is 32.6 Å². The summed E-state index contributed by atoms with van der Waals surface area (Å²) < 4.78 is 0. The minimum atomic E-state index is 0. The maximum atomic E-state index is 5.42. The Hall–Kier alpha value is 1.38. The Balaban J connectivity index is 0. The van der Waals surface area contributed by atoms with Crippen LogP contribution in [0, 0.1) is 12.5 Å². The van der Waals surface area contributed by atoms with E-state index in [1.807, 2.05) is 6.08 Å². The number of hydrogen-bond donors (Lipinski definition) is 0. The van der Waals surface area contributed by atoms with E-state index >= 15 is 0 Å². The molecular formula is C9H17K. The molecule has 0 N–H and O–H groups in total. The van der Waals surface area contributed by atoms with Crippen LogP contribution in [0.15, 0.2) is 6.08 Å². The number of rotatable bonds is 5. The van der Waals surface area contributed by atoms with Gasteiger partial charge in [0.05, 0.1) is 0 Å². The average molecular weight is 164 g/mol. The molecule has 0 heterocycles. The van der Waals surface area contributed by atoms with Crippen LogP contribution in [0.2, 0.25) is 0 Å². The van der Waals surface area contributed by atoms with E-state index in [2.05, 4.69) is 13.8 Å². The van der Waals surface area contributed by atoms with Gasteiger partial charge in [0.1, 0.15) is 0 Å². The zero-order chi connectivity index (χ0) is 7.11. The Bertz CT molecular complexity index is 63.1. The standard InChI is InChI=1S/C9H17.K/c1-4-7-9(6-3)8-5-2;/h3,6,9H,4-5,7-8H2,1-2H3;/q-1;+1. The summed E-state index contributed by atoms with van der Waals surface area (Å²) in [5, 5.41) is 0. The van der Waals surface area contributed by atoms with Gasteiger partial charge in [0.2, 0.25) is 0 Å².